The molecule has 2 heterocycles. The Bertz CT molecular complexity index is 676. The Labute approximate surface area is 121 Å². The summed E-state index contributed by atoms with van der Waals surface area (Å²) in [5, 5.41) is 5.54. The average molecular weight is 285 g/mol. The molecule has 0 saturated carbocycles. The van der Waals surface area contributed by atoms with Gasteiger partial charge in [-0.25, -0.2) is 4.79 Å². The fraction of sp³-hybridized carbons (Fsp3) is 0.200. The normalized spacial score (nSPS) is 14.1. The fourth-order valence-corrected chi connectivity index (χ4v) is 2.26. The molecular weight excluding hydrogens is 270 g/mol. The molecule has 0 spiro atoms. The lowest BCUT2D eigenvalue weighted by Gasteiger charge is -2.14. The van der Waals surface area contributed by atoms with Crippen LogP contribution in [-0.2, 0) is 0 Å². The number of nitrogens with one attached hydrogen (secondary N) is 2. The van der Waals surface area contributed by atoms with E-state index in [0.29, 0.717) is 30.1 Å². The van der Waals surface area contributed by atoms with Crippen molar-refractivity contribution in [2.24, 2.45) is 0 Å². The van der Waals surface area contributed by atoms with Crippen molar-refractivity contribution in [3.63, 3.8) is 0 Å². The van der Waals surface area contributed by atoms with Gasteiger partial charge in [-0.15, -0.1) is 0 Å². The second-order valence-electron chi connectivity index (χ2n) is 4.78. The lowest BCUT2D eigenvalue weighted by atomic mass is 10.2. The lowest BCUT2D eigenvalue weighted by Crippen LogP contribution is -2.27. The van der Waals surface area contributed by atoms with Crippen LogP contribution in [0.5, 0.6) is 0 Å². The van der Waals surface area contributed by atoms with E-state index in [9.17, 15) is 9.59 Å². The third kappa shape index (κ3) is 2.60. The van der Waals surface area contributed by atoms with Crippen LogP contribution < -0.4 is 15.5 Å². The highest BCUT2D eigenvalue weighted by Crippen LogP contribution is 2.20. The van der Waals surface area contributed by atoms with E-state index < -0.39 is 0 Å². The van der Waals surface area contributed by atoms with E-state index in [0.717, 1.165) is 5.69 Å². The fourth-order valence-electron chi connectivity index (χ4n) is 2.26. The monoisotopic (exact) mass is 285 g/mol. The summed E-state index contributed by atoms with van der Waals surface area (Å²) in [6, 6.07) is 8.70. The van der Waals surface area contributed by atoms with Gasteiger partial charge < -0.3 is 15.1 Å². The molecule has 6 nitrogen and oxygen atoms in total. The lowest BCUT2D eigenvalue weighted by molar-refractivity contribution is 0.102. The summed E-state index contributed by atoms with van der Waals surface area (Å²) in [6.07, 6.45) is 1.49. The van der Waals surface area contributed by atoms with E-state index in [1.54, 1.807) is 30.0 Å². The molecule has 2 aromatic rings. The minimum atomic E-state index is -0.215. The summed E-state index contributed by atoms with van der Waals surface area (Å²) in [6.45, 7) is 3.04. The third-order valence-corrected chi connectivity index (χ3v) is 3.40. The molecule has 0 radical (unpaired) electrons. The largest absolute Gasteiger partial charge is 0.469 e. The molecule has 6 heteroatoms. The highest BCUT2D eigenvalue weighted by Gasteiger charge is 2.20. The SMILES string of the molecule is Cc1occc1C(=O)Nc1ccc(N2CCNC2=O)cc1. The van der Waals surface area contributed by atoms with Gasteiger partial charge in [0.15, 0.2) is 0 Å². The number of carbonyl (C=O) groups excluding carboxylic acids is 2. The molecule has 1 aromatic carbocycles. The van der Waals surface area contributed by atoms with Crippen LogP contribution >= 0.6 is 0 Å². The molecule has 0 aliphatic carbocycles. The van der Waals surface area contributed by atoms with Crippen molar-refractivity contribution in [1.29, 1.82) is 0 Å². The topological polar surface area (TPSA) is 74.6 Å². The Morgan fingerprint density at radius 3 is 2.62 bits per heavy atom. The van der Waals surface area contributed by atoms with Gasteiger partial charge in [0.2, 0.25) is 0 Å². The maximum absolute atomic E-state index is 12.0. The van der Waals surface area contributed by atoms with Gasteiger partial charge in [-0.3, -0.25) is 9.69 Å². The van der Waals surface area contributed by atoms with Crippen LogP contribution in [0.25, 0.3) is 0 Å². The molecule has 1 fully saturated rings. The number of rotatable bonds is 3. The maximum Gasteiger partial charge on any atom is 0.321 e. The second-order valence-corrected chi connectivity index (χ2v) is 4.78. The van der Waals surface area contributed by atoms with Crippen LogP contribution in [-0.4, -0.2) is 25.0 Å². The van der Waals surface area contributed by atoms with Gasteiger partial charge in [-0.05, 0) is 37.3 Å². The standard InChI is InChI=1S/C15H15N3O3/c1-10-13(6-9-21-10)14(19)17-11-2-4-12(5-3-11)18-8-7-16-15(18)20/h2-6,9H,7-8H2,1H3,(H,16,20)(H,17,19). The Hall–Kier alpha value is -2.76. The highest BCUT2D eigenvalue weighted by atomic mass is 16.3. The van der Waals surface area contributed by atoms with Crippen LogP contribution in [0, 0.1) is 6.92 Å². The first kappa shape index (κ1) is 13.2. The second kappa shape index (κ2) is 5.32. The number of furan rings is 1. The Morgan fingerprint density at radius 1 is 1.29 bits per heavy atom. The molecule has 108 valence electrons. The van der Waals surface area contributed by atoms with Crippen LogP contribution in [0.4, 0.5) is 16.2 Å². The molecule has 0 bridgehead atoms. The van der Waals surface area contributed by atoms with Gasteiger partial charge in [0, 0.05) is 24.5 Å². The number of hydrogen-bond donors (Lipinski definition) is 2. The molecule has 1 aliphatic rings. The molecule has 21 heavy (non-hydrogen) atoms. The molecule has 3 amide bonds. The van der Waals surface area contributed by atoms with Crippen LogP contribution in [0.3, 0.4) is 0 Å². The summed E-state index contributed by atoms with van der Waals surface area (Å²) < 4.78 is 5.11. The number of hydrogen-bond acceptors (Lipinski definition) is 3. The third-order valence-electron chi connectivity index (χ3n) is 3.40. The number of nitrogens with zero attached hydrogens (tertiary/aromatic N) is 1. The van der Waals surface area contributed by atoms with Gasteiger partial charge in [0.1, 0.15) is 5.76 Å². The van der Waals surface area contributed by atoms with E-state index >= 15 is 0 Å². The van der Waals surface area contributed by atoms with Gasteiger partial charge in [0.25, 0.3) is 5.91 Å². The summed E-state index contributed by atoms with van der Waals surface area (Å²) in [7, 11) is 0. The summed E-state index contributed by atoms with van der Waals surface area (Å²) in [4.78, 5) is 25.3. The number of amides is 3. The molecule has 3 rings (SSSR count). The van der Waals surface area contributed by atoms with Crippen molar-refractivity contribution >= 4 is 23.3 Å². The molecule has 2 N–H and O–H groups in total. The predicted molar refractivity (Wildman–Crippen MR) is 78.6 cm³/mol. The zero-order valence-corrected chi connectivity index (χ0v) is 11.6. The van der Waals surface area contributed by atoms with Crippen molar-refractivity contribution in [1.82, 2.24) is 5.32 Å². The Morgan fingerprint density at radius 2 is 2.05 bits per heavy atom. The van der Waals surface area contributed by atoms with Crippen LogP contribution in [0.15, 0.2) is 41.0 Å². The van der Waals surface area contributed by atoms with E-state index in [1.165, 1.54) is 6.26 Å². The first-order valence-electron chi connectivity index (χ1n) is 6.66. The minimum Gasteiger partial charge on any atom is -0.469 e. The van der Waals surface area contributed by atoms with Gasteiger partial charge >= 0.3 is 6.03 Å². The Kier molecular flexibility index (Phi) is 3.35. The number of aryl methyl sites for hydroxylation is 1. The number of carbonyl (C=O) groups is 2. The summed E-state index contributed by atoms with van der Waals surface area (Å²) in [5.41, 5.74) is 1.99. The van der Waals surface area contributed by atoms with Crippen molar-refractivity contribution in [3.8, 4) is 0 Å². The van der Waals surface area contributed by atoms with E-state index in [2.05, 4.69) is 10.6 Å². The average Bonchev–Trinajstić information content (AvgIpc) is 3.08. The van der Waals surface area contributed by atoms with E-state index in [1.807, 2.05) is 12.1 Å². The first-order chi connectivity index (χ1) is 10.1. The highest BCUT2D eigenvalue weighted by molar-refractivity contribution is 6.05. The van der Waals surface area contributed by atoms with Crippen molar-refractivity contribution < 1.29 is 14.0 Å². The van der Waals surface area contributed by atoms with E-state index in [4.69, 9.17) is 4.42 Å². The summed E-state index contributed by atoms with van der Waals surface area (Å²) in [5.74, 6) is 0.366. The molecule has 0 atom stereocenters. The van der Waals surface area contributed by atoms with Crippen LogP contribution in [0.1, 0.15) is 16.1 Å². The summed E-state index contributed by atoms with van der Waals surface area (Å²) >= 11 is 0. The first-order valence-corrected chi connectivity index (χ1v) is 6.66. The minimum absolute atomic E-state index is 0.0965. The molecule has 1 saturated heterocycles. The predicted octanol–water partition coefficient (Wildman–Crippen LogP) is 2.37. The number of anilines is 2. The van der Waals surface area contributed by atoms with Crippen molar-refractivity contribution in [2.75, 3.05) is 23.3 Å². The van der Waals surface area contributed by atoms with Crippen molar-refractivity contribution in [3.05, 3.63) is 47.9 Å². The molecule has 0 unspecified atom stereocenters. The van der Waals surface area contributed by atoms with Crippen molar-refractivity contribution in [2.45, 2.75) is 6.92 Å². The maximum atomic E-state index is 12.0. The van der Waals surface area contributed by atoms with Crippen LogP contribution in [0.2, 0.25) is 0 Å². The van der Waals surface area contributed by atoms with Gasteiger partial charge in [-0.1, -0.05) is 0 Å². The number of benzene rings is 1. The van der Waals surface area contributed by atoms with Gasteiger partial charge in [-0.2, -0.15) is 0 Å². The quantitative estimate of drug-likeness (QED) is 0.909. The smallest absolute Gasteiger partial charge is 0.321 e. The molecule has 1 aliphatic heterocycles. The Balaban J connectivity index is 1.71. The zero-order valence-electron chi connectivity index (χ0n) is 11.6. The number of urea groups is 1. The molecule has 1 aromatic heterocycles. The zero-order chi connectivity index (χ0) is 14.8. The van der Waals surface area contributed by atoms with Gasteiger partial charge in [0.05, 0.1) is 11.8 Å². The molecular formula is C15H15N3O3. The van der Waals surface area contributed by atoms with E-state index in [-0.39, 0.29) is 11.9 Å².